The number of rotatable bonds is 6. The van der Waals surface area contributed by atoms with Crippen molar-refractivity contribution < 1.29 is 9.90 Å². The molecule has 6 heteroatoms. The highest BCUT2D eigenvalue weighted by Crippen LogP contribution is 2.08. The predicted octanol–water partition coefficient (Wildman–Crippen LogP) is -0.154. The van der Waals surface area contributed by atoms with E-state index in [-0.39, 0.29) is 5.91 Å². The summed E-state index contributed by atoms with van der Waals surface area (Å²) in [6.45, 7) is 2.89. The SMILES string of the molecule is O=C(CNCC(O)Cn1cccn1)N1CCCCC1. The van der Waals surface area contributed by atoms with Gasteiger partial charge in [0.2, 0.25) is 5.91 Å². The van der Waals surface area contributed by atoms with Crippen molar-refractivity contribution in [1.82, 2.24) is 20.0 Å². The van der Waals surface area contributed by atoms with Gasteiger partial charge in [-0.15, -0.1) is 0 Å². The van der Waals surface area contributed by atoms with E-state index in [9.17, 15) is 9.90 Å². The van der Waals surface area contributed by atoms with E-state index in [1.54, 1.807) is 10.9 Å². The fourth-order valence-corrected chi connectivity index (χ4v) is 2.29. The van der Waals surface area contributed by atoms with Gasteiger partial charge in [-0.2, -0.15) is 5.10 Å². The normalized spacial score (nSPS) is 17.4. The van der Waals surface area contributed by atoms with E-state index in [0.717, 1.165) is 25.9 Å². The Morgan fingerprint density at radius 3 is 2.84 bits per heavy atom. The molecule has 2 rings (SSSR count). The third kappa shape index (κ3) is 4.65. The Labute approximate surface area is 113 Å². The van der Waals surface area contributed by atoms with Crippen LogP contribution in [0, 0.1) is 0 Å². The number of likely N-dealkylation sites (tertiary alicyclic amines) is 1. The van der Waals surface area contributed by atoms with Gasteiger partial charge in [-0.25, -0.2) is 0 Å². The molecule has 0 bridgehead atoms. The maximum Gasteiger partial charge on any atom is 0.236 e. The molecule has 1 unspecified atom stereocenters. The maximum atomic E-state index is 11.9. The molecule has 2 N–H and O–H groups in total. The molecule has 1 saturated heterocycles. The average Bonchev–Trinajstić information content (AvgIpc) is 2.92. The van der Waals surface area contributed by atoms with E-state index in [0.29, 0.717) is 19.6 Å². The summed E-state index contributed by atoms with van der Waals surface area (Å²) in [5.74, 6) is 0.131. The second kappa shape index (κ2) is 7.25. The molecule has 0 spiro atoms. The molecule has 0 aromatic carbocycles. The van der Waals surface area contributed by atoms with Crippen LogP contribution in [0.2, 0.25) is 0 Å². The Morgan fingerprint density at radius 2 is 2.16 bits per heavy atom. The van der Waals surface area contributed by atoms with Crippen LogP contribution < -0.4 is 5.32 Å². The van der Waals surface area contributed by atoms with Crippen molar-refractivity contribution in [2.45, 2.75) is 31.9 Å². The lowest BCUT2D eigenvalue weighted by Crippen LogP contribution is -2.43. The fraction of sp³-hybridized carbons (Fsp3) is 0.692. The molecule has 1 atom stereocenters. The van der Waals surface area contributed by atoms with E-state index >= 15 is 0 Å². The second-order valence-corrected chi connectivity index (χ2v) is 4.95. The number of hydrogen-bond acceptors (Lipinski definition) is 4. The van der Waals surface area contributed by atoms with Gasteiger partial charge < -0.3 is 15.3 Å². The number of aliphatic hydroxyl groups is 1. The topological polar surface area (TPSA) is 70.4 Å². The van der Waals surface area contributed by atoms with Crippen molar-refractivity contribution in [2.75, 3.05) is 26.2 Å². The van der Waals surface area contributed by atoms with Crippen LogP contribution in [-0.2, 0) is 11.3 Å². The van der Waals surface area contributed by atoms with E-state index in [2.05, 4.69) is 10.4 Å². The Kier molecular flexibility index (Phi) is 5.35. The first-order chi connectivity index (χ1) is 9.25. The number of piperidine rings is 1. The molecule has 1 aliphatic heterocycles. The standard InChI is InChI=1S/C13H22N4O2/c18-12(11-17-8-4-5-15-17)9-14-10-13(19)16-6-2-1-3-7-16/h4-5,8,12,14,18H,1-3,6-7,9-11H2. The third-order valence-electron chi connectivity index (χ3n) is 3.32. The first-order valence-corrected chi connectivity index (χ1v) is 6.89. The highest BCUT2D eigenvalue weighted by atomic mass is 16.3. The minimum Gasteiger partial charge on any atom is -0.390 e. The molecule has 106 valence electrons. The van der Waals surface area contributed by atoms with Gasteiger partial charge in [0.15, 0.2) is 0 Å². The van der Waals surface area contributed by atoms with Gasteiger partial charge in [-0.3, -0.25) is 9.48 Å². The number of hydrogen-bond donors (Lipinski definition) is 2. The molecule has 0 aliphatic carbocycles. The van der Waals surface area contributed by atoms with Gasteiger partial charge in [-0.05, 0) is 25.3 Å². The second-order valence-electron chi connectivity index (χ2n) is 4.95. The van der Waals surface area contributed by atoms with Crippen LogP contribution in [0.5, 0.6) is 0 Å². The first-order valence-electron chi connectivity index (χ1n) is 6.89. The van der Waals surface area contributed by atoms with Crippen LogP contribution in [0.1, 0.15) is 19.3 Å². The number of carbonyl (C=O) groups is 1. The molecule has 1 aromatic heterocycles. The predicted molar refractivity (Wildman–Crippen MR) is 71.5 cm³/mol. The summed E-state index contributed by atoms with van der Waals surface area (Å²) in [7, 11) is 0. The van der Waals surface area contributed by atoms with Crippen molar-refractivity contribution in [1.29, 1.82) is 0 Å². The zero-order chi connectivity index (χ0) is 13.5. The molecule has 0 radical (unpaired) electrons. The van der Waals surface area contributed by atoms with Crippen molar-refractivity contribution in [3.8, 4) is 0 Å². The number of nitrogens with one attached hydrogen (secondary N) is 1. The minimum absolute atomic E-state index is 0.131. The molecule has 1 aliphatic rings. The van der Waals surface area contributed by atoms with Crippen molar-refractivity contribution in [2.24, 2.45) is 0 Å². The molecular formula is C13H22N4O2. The van der Waals surface area contributed by atoms with E-state index in [1.165, 1.54) is 6.42 Å². The van der Waals surface area contributed by atoms with E-state index in [4.69, 9.17) is 0 Å². The lowest BCUT2D eigenvalue weighted by atomic mass is 10.1. The Hall–Kier alpha value is -1.40. The van der Waals surface area contributed by atoms with Gasteiger partial charge in [0.05, 0.1) is 19.2 Å². The molecule has 1 aromatic rings. The van der Waals surface area contributed by atoms with Gasteiger partial charge in [0.1, 0.15) is 0 Å². The van der Waals surface area contributed by atoms with Crippen LogP contribution in [0.3, 0.4) is 0 Å². The molecular weight excluding hydrogens is 244 g/mol. The Morgan fingerprint density at radius 1 is 1.37 bits per heavy atom. The Bertz CT molecular complexity index is 374. The molecule has 1 amide bonds. The highest BCUT2D eigenvalue weighted by Gasteiger charge is 2.16. The van der Waals surface area contributed by atoms with Crippen LogP contribution in [0.15, 0.2) is 18.5 Å². The highest BCUT2D eigenvalue weighted by molar-refractivity contribution is 5.78. The Balaban J connectivity index is 1.61. The lowest BCUT2D eigenvalue weighted by Gasteiger charge is -2.27. The molecule has 2 heterocycles. The summed E-state index contributed by atoms with van der Waals surface area (Å²) in [6.07, 6.45) is 6.39. The molecule has 19 heavy (non-hydrogen) atoms. The number of aliphatic hydroxyl groups excluding tert-OH is 1. The van der Waals surface area contributed by atoms with E-state index < -0.39 is 6.10 Å². The van der Waals surface area contributed by atoms with Gasteiger partial charge in [0, 0.05) is 32.0 Å². The minimum atomic E-state index is -0.533. The van der Waals surface area contributed by atoms with Gasteiger partial charge in [-0.1, -0.05) is 0 Å². The summed E-state index contributed by atoms with van der Waals surface area (Å²) in [6, 6.07) is 1.82. The van der Waals surface area contributed by atoms with Gasteiger partial charge in [0.25, 0.3) is 0 Å². The molecule has 6 nitrogen and oxygen atoms in total. The van der Waals surface area contributed by atoms with Crippen LogP contribution >= 0.6 is 0 Å². The zero-order valence-corrected chi connectivity index (χ0v) is 11.2. The lowest BCUT2D eigenvalue weighted by molar-refractivity contribution is -0.131. The number of aromatic nitrogens is 2. The number of nitrogens with zero attached hydrogens (tertiary/aromatic N) is 3. The summed E-state index contributed by atoms with van der Waals surface area (Å²) in [4.78, 5) is 13.8. The van der Waals surface area contributed by atoms with Crippen LogP contribution in [-0.4, -0.2) is 58.0 Å². The summed E-state index contributed by atoms with van der Waals surface area (Å²) < 4.78 is 1.68. The summed E-state index contributed by atoms with van der Waals surface area (Å²) >= 11 is 0. The number of amides is 1. The van der Waals surface area contributed by atoms with Crippen molar-refractivity contribution in [3.63, 3.8) is 0 Å². The quantitative estimate of drug-likeness (QED) is 0.751. The first kappa shape index (κ1) is 14.0. The fourth-order valence-electron chi connectivity index (χ4n) is 2.29. The van der Waals surface area contributed by atoms with Crippen molar-refractivity contribution >= 4 is 5.91 Å². The maximum absolute atomic E-state index is 11.9. The average molecular weight is 266 g/mol. The zero-order valence-electron chi connectivity index (χ0n) is 11.2. The molecule has 1 fully saturated rings. The monoisotopic (exact) mass is 266 g/mol. The van der Waals surface area contributed by atoms with Crippen molar-refractivity contribution in [3.05, 3.63) is 18.5 Å². The summed E-state index contributed by atoms with van der Waals surface area (Å²) in [5.41, 5.74) is 0. The largest absolute Gasteiger partial charge is 0.390 e. The molecule has 0 saturated carbocycles. The van der Waals surface area contributed by atoms with Gasteiger partial charge >= 0.3 is 0 Å². The van der Waals surface area contributed by atoms with E-state index in [1.807, 2.05) is 17.2 Å². The smallest absolute Gasteiger partial charge is 0.236 e. The number of carbonyl (C=O) groups excluding carboxylic acids is 1. The third-order valence-corrected chi connectivity index (χ3v) is 3.32. The summed E-state index contributed by atoms with van der Waals surface area (Å²) in [5, 5.41) is 16.8. The van der Waals surface area contributed by atoms with Crippen LogP contribution in [0.25, 0.3) is 0 Å². The van der Waals surface area contributed by atoms with Crippen LogP contribution in [0.4, 0.5) is 0 Å².